The monoisotopic (exact) mass is 493 g/mol. The number of rotatable bonds is 4. The van der Waals surface area contributed by atoms with E-state index in [2.05, 4.69) is 37.6 Å². The number of hydrogen-bond acceptors (Lipinski definition) is 5. The Labute approximate surface area is 180 Å². The Balaban J connectivity index is 0.00000225. The van der Waals surface area contributed by atoms with Crippen molar-refractivity contribution in [3.05, 3.63) is 53.9 Å². The number of benzene rings is 1. The number of oxazole rings is 1. The van der Waals surface area contributed by atoms with Gasteiger partial charge in [-0.3, -0.25) is 4.99 Å². The molecule has 1 aliphatic rings. The molecule has 3 aromatic rings. The fourth-order valence-corrected chi connectivity index (χ4v) is 3.13. The number of guanidine groups is 1. The maximum atomic E-state index is 5.61. The number of aliphatic imine (C=N–C) groups is 1. The van der Waals surface area contributed by atoms with Gasteiger partial charge < -0.3 is 15.1 Å². The van der Waals surface area contributed by atoms with Crippen molar-refractivity contribution in [1.82, 2.24) is 30.4 Å². The topological polar surface area (TPSA) is 93.2 Å². The van der Waals surface area contributed by atoms with E-state index in [4.69, 9.17) is 4.42 Å². The van der Waals surface area contributed by atoms with Gasteiger partial charge in [0.05, 0.1) is 18.8 Å². The van der Waals surface area contributed by atoms with Crippen molar-refractivity contribution in [2.75, 3.05) is 7.05 Å². The largest absolute Gasteiger partial charge is 0.444 e. The molecular weight excluding hydrogens is 469 g/mol. The molecule has 8 nitrogen and oxygen atoms in total. The number of nitrogens with zero attached hydrogens (tertiary/aromatic N) is 5. The first kappa shape index (κ1) is 20.3. The van der Waals surface area contributed by atoms with Crippen LogP contribution in [0.5, 0.6) is 0 Å². The molecule has 2 N–H and O–H groups in total. The van der Waals surface area contributed by atoms with E-state index in [0.717, 1.165) is 42.4 Å². The van der Waals surface area contributed by atoms with Gasteiger partial charge in [-0.05, 0) is 25.5 Å². The van der Waals surface area contributed by atoms with Crippen molar-refractivity contribution in [1.29, 1.82) is 0 Å². The second-order valence-corrected chi connectivity index (χ2v) is 6.67. The van der Waals surface area contributed by atoms with E-state index in [1.165, 1.54) is 5.56 Å². The van der Waals surface area contributed by atoms with Crippen molar-refractivity contribution < 1.29 is 4.42 Å². The predicted molar refractivity (Wildman–Crippen MR) is 118 cm³/mol. The first-order valence-corrected chi connectivity index (χ1v) is 9.06. The highest BCUT2D eigenvalue weighted by atomic mass is 127. The lowest BCUT2D eigenvalue weighted by Crippen LogP contribution is -2.46. The number of aryl methyl sites for hydroxylation is 2. The number of fused-ring (bicyclic) bond motifs is 1. The number of nitrogens with one attached hydrogen (secondary N) is 2. The van der Waals surface area contributed by atoms with Crippen LogP contribution in [0.1, 0.15) is 23.5 Å². The summed E-state index contributed by atoms with van der Waals surface area (Å²) in [4.78, 5) is 13.1. The van der Waals surface area contributed by atoms with E-state index in [-0.39, 0.29) is 30.0 Å². The highest BCUT2D eigenvalue weighted by molar-refractivity contribution is 14.0. The average Bonchev–Trinajstić information content (AvgIpc) is 3.34. The quantitative estimate of drug-likeness (QED) is 0.330. The highest BCUT2D eigenvalue weighted by Crippen LogP contribution is 2.19. The molecule has 1 aromatic carbocycles. The molecule has 0 aliphatic carbocycles. The van der Waals surface area contributed by atoms with Gasteiger partial charge in [-0.1, -0.05) is 17.7 Å². The third kappa shape index (κ3) is 4.70. The molecule has 0 saturated carbocycles. The zero-order valence-corrected chi connectivity index (χ0v) is 18.3. The van der Waals surface area contributed by atoms with Crippen LogP contribution in [0.3, 0.4) is 0 Å². The molecule has 0 spiro atoms. The van der Waals surface area contributed by atoms with Crippen LogP contribution in [0, 0.1) is 6.92 Å². The van der Waals surface area contributed by atoms with Crippen LogP contribution in [0.15, 0.2) is 46.3 Å². The van der Waals surface area contributed by atoms with E-state index in [1.54, 1.807) is 19.6 Å². The summed E-state index contributed by atoms with van der Waals surface area (Å²) >= 11 is 0. The van der Waals surface area contributed by atoms with Crippen LogP contribution in [0.2, 0.25) is 0 Å². The SMILES string of the molecule is CN=C(NCc1coc(-c2ccc(C)cc2)n1)NC1CCc2ncnn2C1.I. The minimum atomic E-state index is 0. The van der Waals surface area contributed by atoms with Gasteiger partial charge in [0.2, 0.25) is 5.89 Å². The van der Waals surface area contributed by atoms with Crippen molar-refractivity contribution in [3.63, 3.8) is 0 Å². The molecule has 3 heterocycles. The summed E-state index contributed by atoms with van der Waals surface area (Å²) in [6.07, 6.45) is 5.21. The predicted octanol–water partition coefficient (Wildman–Crippen LogP) is 2.54. The van der Waals surface area contributed by atoms with E-state index < -0.39 is 0 Å². The van der Waals surface area contributed by atoms with Gasteiger partial charge in [0.1, 0.15) is 18.4 Å². The first-order valence-electron chi connectivity index (χ1n) is 9.06. The van der Waals surface area contributed by atoms with Gasteiger partial charge in [0, 0.05) is 25.1 Å². The molecule has 0 radical (unpaired) electrons. The minimum Gasteiger partial charge on any atom is -0.444 e. The van der Waals surface area contributed by atoms with Crippen molar-refractivity contribution >= 4 is 29.9 Å². The van der Waals surface area contributed by atoms with Crippen molar-refractivity contribution in [3.8, 4) is 11.5 Å². The lowest BCUT2D eigenvalue weighted by molar-refractivity contribution is 0.392. The van der Waals surface area contributed by atoms with E-state index in [0.29, 0.717) is 12.4 Å². The molecule has 1 aliphatic heterocycles. The fraction of sp³-hybridized carbons (Fsp3) is 0.368. The third-order valence-electron chi connectivity index (χ3n) is 4.66. The van der Waals surface area contributed by atoms with E-state index >= 15 is 0 Å². The molecule has 0 saturated heterocycles. The van der Waals surface area contributed by atoms with Crippen LogP contribution < -0.4 is 10.6 Å². The Morgan fingerprint density at radius 2 is 2.14 bits per heavy atom. The molecule has 28 heavy (non-hydrogen) atoms. The zero-order chi connectivity index (χ0) is 18.6. The Bertz CT molecular complexity index is 932. The second-order valence-electron chi connectivity index (χ2n) is 6.67. The Morgan fingerprint density at radius 1 is 1.32 bits per heavy atom. The third-order valence-corrected chi connectivity index (χ3v) is 4.66. The van der Waals surface area contributed by atoms with Crippen molar-refractivity contribution in [2.45, 2.75) is 38.9 Å². The van der Waals surface area contributed by atoms with Gasteiger partial charge in [0.15, 0.2) is 5.96 Å². The summed E-state index contributed by atoms with van der Waals surface area (Å²) in [7, 11) is 1.76. The second kappa shape index (κ2) is 9.18. The Kier molecular flexibility index (Phi) is 6.65. The normalized spacial score (nSPS) is 16.2. The highest BCUT2D eigenvalue weighted by Gasteiger charge is 2.20. The summed E-state index contributed by atoms with van der Waals surface area (Å²) in [5.41, 5.74) is 3.01. The van der Waals surface area contributed by atoms with E-state index in [9.17, 15) is 0 Å². The molecule has 0 fully saturated rings. The molecule has 1 atom stereocenters. The molecule has 1 unspecified atom stereocenters. The lowest BCUT2D eigenvalue weighted by Gasteiger charge is -2.25. The molecule has 2 aromatic heterocycles. The van der Waals surface area contributed by atoms with Crippen molar-refractivity contribution in [2.24, 2.45) is 4.99 Å². The summed E-state index contributed by atoms with van der Waals surface area (Å²) < 4.78 is 7.55. The smallest absolute Gasteiger partial charge is 0.226 e. The Hall–Kier alpha value is -2.43. The molecule has 4 rings (SSSR count). The molecule has 0 bridgehead atoms. The van der Waals surface area contributed by atoms with Crippen LogP contribution in [0.4, 0.5) is 0 Å². The molecule has 0 amide bonds. The number of hydrogen-bond donors (Lipinski definition) is 2. The zero-order valence-electron chi connectivity index (χ0n) is 15.9. The average molecular weight is 493 g/mol. The standard InChI is InChI=1S/C19H23N7O.HI/c1-13-3-5-14(6-4-13)18-24-16(11-27-18)9-21-19(20-2)25-15-7-8-17-22-12-23-26(17)10-15;/h3-6,11-12,15H,7-10H2,1-2H3,(H2,20,21,25);1H. The lowest BCUT2D eigenvalue weighted by atomic mass is 10.1. The Morgan fingerprint density at radius 3 is 2.93 bits per heavy atom. The number of halogens is 1. The van der Waals surface area contributed by atoms with Gasteiger partial charge >= 0.3 is 0 Å². The van der Waals surface area contributed by atoms with Crippen LogP contribution in [0.25, 0.3) is 11.5 Å². The van der Waals surface area contributed by atoms with Gasteiger partial charge in [0.25, 0.3) is 0 Å². The van der Waals surface area contributed by atoms with E-state index in [1.807, 2.05) is 28.9 Å². The van der Waals surface area contributed by atoms with Crippen LogP contribution in [-0.2, 0) is 19.5 Å². The molecular formula is C19H24IN7O. The van der Waals surface area contributed by atoms with Gasteiger partial charge in [-0.25, -0.2) is 14.6 Å². The summed E-state index contributed by atoms with van der Waals surface area (Å²) in [6.45, 7) is 3.39. The van der Waals surface area contributed by atoms with Crippen LogP contribution in [-0.4, -0.2) is 38.8 Å². The molecule has 148 valence electrons. The number of aromatic nitrogens is 4. The maximum Gasteiger partial charge on any atom is 0.226 e. The fourth-order valence-electron chi connectivity index (χ4n) is 3.13. The summed E-state index contributed by atoms with van der Waals surface area (Å²) in [5.74, 6) is 2.41. The molecule has 9 heteroatoms. The van der Waals surface area contributed by atoms with Crippen LogP contribution >= 0.6 is 24.0 Å². The first-order chi connectivity index (χ1) is 13.2. The van der Waals surface area contributed by atoms with Gasteiger partial charge in [-0.15, -0.1) is 24.0 Å². The van der Waals surface area contributed by atoms with Gasteiger partial charge in [-0.2, -0.15) is 5.10 Å². The summed E-state index contributed by atoms with van der Waals surface area (Å²) in [6, 6.07) is 8.40. The minimum absolute atomic E-state index is 0. The summed E-state index contributed by atoms with van der Waals surface area (Å²) in [5, 5.41) is 11.0. The maximum absolute atomic E-state index is 5.61.